The molecule has 0 fully saturated rings. The number of aliphatic hydroxyl groups is 2. The zero-order chi connectivity index (χ0) is 15.6. The molecule has 20 heavy (non-hydrogen) atoms. The summed E-state index contributed by atoms with van der Waals surface area (Å²) in [4.78, 5) is -0.649. The third kappa shape index (κ3) is 3.47. The van der Waals surface area contributed by atoms with Gasteiger partial charge in [0.25, 0.3) is 0 Å². The summed E-state index contributed by atoms with van der Waals surface area (Å²) in [6.07, 6.45) is 0.129. The average molecular weight is 371 g/mol. The zero-order valence-electron chi connectivity index (χ0n) is 10.7. The smallest absolute Gasteiger partial charge is 0.244 e. The van der Waals surface area contributed by atoms with Crippen LogP contribution in [0.25, 0.3) is 0 Å². The second kappa shape index (κ2) is 6.35. The Morgan fingerprint density at radius 1 is 1.40 bits per heavy atom. The first-order chi connectivity index (χ1) is 9.21. The molecule has 1 aromatic carbocycles. The van der Waals surface area contributed by atoms with Gasteiger partial charge in [-0.2, -0.15) is 0 Å². The highest BCUT2D eigenvalue weighted by molar-refractivity contribution is 9.10. The van der Waals surface area contributed by atoms with Crippen LogP contribution in [0.15, 0.2) is 21.5 Å². The van der Waals surface area contributed by atoms with Crippen molar-refractivity contribution in [1.82, 2.24) is 4.72 Å². The molecule has 0 unspecified atom stereocenters. The SMILES string of the molecule is CCC(CO)(CO)NS(=O)(=O)c1cc(N)cc(Br)c1F. The van der Waals surface area contributed by atoms with E-state index in [1.807, 2.05) is 0 Å². The van der Waals surface area contributed by atoms with E-state index in [4.69, 9.17) is 5.73 Å². The van der Waals surface area contributed by atoms with Crippen molar-refractivity contribution in [2.75, 3.05) is 18.9 Å². The monoisotopic (exact) mass is 370 g/mol. The summed E-state index contributed by atoms with van der Waals surface area (Å²) < 4.78 is 40.4. The van der Waals surface area contributed by atoms with E-state index < -0.39 is 39.5 Å². The first-order valence-electron chi connectivity index (χ1n) is 5.71. The van der Waals surface area contributed by atoms with Gasteiger partial charge in [0.1, 0.15) is 4.90 Å². The van der Waals surface area contributed by atoms with Crippen LogP contribution >= 0.6 is 15.9 Å². The summed E-state index contributed by atoms with van der Waals surface area (Å²) in [6, 6.07) is 2.21. The van der Waals surface area contributed by atoms with Crippen LogP contribution in [0.5, 0.6) is 0 Å². The van der Waals surface area contributed by atoms with Crippen LogP contribution in [0.3, 0.4) is 0 Å². The van der Waals surface area contributed by atoms with Gasteiger partial charge in [-0.3, -0.25) is 0 Å². The minimum absolute atomic E-state index is 0.0637. The van der Waals surface area contributed by atoms with Crippen molar-refractivity contribution in [3.8, 4) is 0 Å². The molecule has 9 heteroatoms. The van der Waals surface area contributed by atoms with Gasteiger partial charge < -0.3 is 15.9 Å². The Labute approximate surface area is 125 Å². The molecular weight excluding hydrogens is 355 g/mol. The molecule has 0 aliphatic carbocycles. The first-order valence-corrected chi connectivity index (χ1v) is 7.99. The molecule has 0 spiro atoms. The third-order valence-electron chi connectivity index (χ3n) is 2.94. The van der Waals surface area contributed by atoms with Crippen LogP contribution in [0.2, 0.25) is 0 Å². The Balaban J connectivity index is 3.31. The van der Waals surface area contributed by atoms with Crippen molar-refractivity contribution >= 4 is 31.6 Å². The molecule has 0 atom stereocenters. The molecule has 0 aromatic heterocycles. The highest BCUT2D eigenvalue weighted by Gasteiger charge is 2.34. The molecular formula is C11H16BrFN2O4S. The maximum atomic E-state index is 13.9. The lowest BCUT2D eigenvalue weighted by molar-refractivity contribution is 0.105. The van der Waals surface area contributed by atoms with E-state index in [9.17, 15) is 23.0 Å². The van der Waals surface area contributed by atoms with Gasteiger partial charge in [0.05, 0.1) is 23.2 Å². The number of halogens is 2. The average Bonchev–Trinajstić information content (AvgIpc) is 2.40. The van der Waals surface area contributed by atoms with Gasteiger partial charge in [0.2, 0.25) is 10.0 Å². The highest BCUT2D eigenvalue weighted by Crippen LogP contribution is 2.27. The fraction of sp³-hybridized carbons (Fsp3) is 0.455. The Morgan fingerprint density at radius 3 is 2.40 bits per heavy atom. The Hall–Kier alpha value is -0.740. The van der Waals surface area contributed by atoms with Gasteiger partial charge in [-0.15, -0.1) is 0 Å². The number of hydrogen-bond acceptors (Lipinski definition) is 5. The number of anilines is 1. The molecule has 1 rings (SSSR count). The Morgan fingerprint density at radius 2 is 1.95 bits per heavy atom. The molecule has 0 radical (unpaired) electrons. The molecule has 114 valence electrons. The van der Waals surface area contributed by atoms with Crippen LogP contribution in [0.1, 0.15) is 13.3 Å². The second-order valence-corrected chi connectivity index (χ2v) is 6.88. The van der Waals surface area contributed by atoms with Gasteiger partial charge in [-0.05, 0) is 34.5 Å². The predicted octanol–water partition coefficient (Wildman–Crippen LogP) is 0.582. The van der Waals surface area contributed by atoms with Crippen molar-refractivity contribution in [2.24, 2.45) is 0 Å². The summed E-state index contributed by atoms with van der Waals surface area (Å²) in [7, 11) is -4.28. The minimum atomic E-state index is -4.28. The van der Waals surface area contributed by atoms with Crippen molar-refractivity contribution in [2.45, 2.75) is 23.8 Å². The maximum Gasteiger partial charge on any atom is 0.244 e. The summed E-state index contributed by atoms with van der Waals surface area (Å²) in [5.41, 5.74) is 4.11. The van der Waals surface area contributed by atoms with Crippen molar-refractivity contribution < 1.29 is 23.0 Å². The lowest BCUT2D eigenvalue weighted by Crippen LogP contribution is -2.53. The zero-order valence-corrected chi connectivity index (χ0v) is 13.1. The number of rotatable bonds is 6. The normalized spacial score (nSPS) is 12.7. The predicted molar refractivity (Wildman–Crippen MR) is 76.0 cm³/mol. The van der Waals surface area contributed by atoms with E-state index in [-0.39, 0.29) is 16.6 Å². The van der Waals surface area contributed by atoms with Gasteiger partial charge in [-0.1, -0.05) is 6.92 Å². The lowest BCUT2D eigenvalue weighted by atomic mass is 10.0. The number of benzene rings is 1. The topological polar surface area (TPSA) is 113 Å². The molecule has 1 aromatic rings. The van der Waals surface area contributed by atoms with Gasteiger partial charge in [0, 0.05) is 5.69 Å². The number of nitrogen functional groups attached to an aromatic ring is 1. The number of aliphatic hydroxyl groups excluding tert-OH is 2. The summed E-state index contributed by atoms with van der Waals surface area (Å²) in [5, 5.41) is 18.5. The first kappa shape index (κ1) is 17.3. The van der Waals surface area contributed by atoms with E-state index in [0.717, 1.165) is 6.07 Å². The molecule has 0 bridgehead atoms. The summed E-state index contributed by atoms with van der Waals surface area (Å²) in [6.45, 7) is 0.343. The third-order valence-corrected chi connectivity index (χ3v) is 5.09. The number of nitrogens with one attached hydrogen (secondary N) is 1. The van der Waals surface area contributed by atoms with Crippen molar-refractivity contribution in [3.05, 3.63) is 22.4 Å². The molecule has 0 heterocycles. The largest absolute Gasteiger partial charge is 0.399 e. The van der Waals surface area contributed by atoms with Crippen molar-refractivity contribution in [3.63, 3.8) is 0 Å². The molecule has 0 amide bonds. The van der Waals surface area contributed by atoms with E-state index in [1.165, 1.54) is 6.07 Å². The van der Waals surface area contributed by atoms with E-state index in [0.29, 0.717) is 0 Å². The number of sulfonamides is 1. The summed E-state index contributed by atoms with van der Waals surface area (Å²) in [5.74, 6) is -0.993. The standard InChI is InChI=1S/C11H16BrFN2O4S/c1-2-11(5-16,6-17)15-20(18,19)9-4-7(14)3-8(12)10(9)13/h3-4,15-17H,2,5-6,14H2,1H3. The second-order valence-electron chi connectivity index (χ2n) is 4.37. The van der Waals surface area contributed by atoms with Crippen molar-refractivity contribution in [1.29, 1.82) is 0 Å². The minimum Gasteiger partial charge on any atom is -0.399 e. The maximum absolute atomic E-state index is 13.9. The van der Waals surface area contributed by atoms with Gasteiger partial charge >= 0.3 is 0 Å². The van der Waals surface area contributed by atoms with Crippen LogP contribution in [-0.2, 0) is 10.0 Å². The lowest BCUT2D eigenvalue weighted by Gasteiger charge is -2.29. The molecule has 0 aliphatic heterocycles. The summed E-state index contributed by atoms with van der Waals surface area (Å²) >= 11 is 2.87. The van der Waals surface area contributed by atoms with Crippen LogP contribution in [-0.4, -0.2) is 37.4 Å². The van der Waals surface area contributed by atoms with Crippen LogP contribution in [0.4, 0.5) is 10.1 Å². The quantitative estimate of drug-likeness (QED) is 0.547. The fourth-order valence-electron chi connectivity index (χ4n) is 1.53. The Bertz CT molecular complexity index is 582. The molecule has 6 nitrogen and oxygen atoms in total. The number of nitrogens with two attached hydrogens (primary N) is 1. The fourth-order valence-corrected chi connectivity index (χ4v) is 3.73. The Kier molecular flexibility index (Phi) is 5.50. The molecule has 5 N–H and O–H groups in total. The van der Waals surface area contributed by atoms with E-state index in [2.05, 4.69) is 20.7 Å². The molecule has 0 saturated heterocycles. The van der Waals surface area contributed by atoms with Crippen LogP contribution < -0.4 is 10.5 Å². The highest BCUT2D eigenvalue weighted by atomic mass is 79.9. The molecule has 0 saturated carbocycles. The van der Waals surface area contributed by atoms with Crippen LogP contribution in [0, 0.1) is 5.82 Å². The number of hydrogen-bond donors (Lipinski definition) is 4. The van der Waals surface area contributed by atoms with Gasteiger partial charge in [0.15, 0.2) is 5.82 Å². The van der Waals surface area contributed by atoms with E-state index >= 15 is 0 Å². The molecule has 0 aliphatic rings. The van der Waals surface area contributed by atoms with E-state index in [1.54, 1.807) is 6.92 Å². The van der Waals surface area contributed by atoms with Gasteiger partial charge in [-0.25, -0.2) is 17.5 Å².